The molecular weight excluding hydrogens is 318 g/mol. The van der Waals surface area contributed by atoms with Gasteiger partial charge in [0, 0.05) is 5.56 Å². The van der Waals surface area contributed by atoms with Crippen LogP contribution in [0, 0.1) is 0 Å². The molecule has 0 aliphatic carbocycles. The van der Waals surface area contributed by atoms with E-state index < -0.39 is 0 Å². The Morgan fingerprint density at radius 2 is 1.22 bits per heavy atom. The topological polar surface area (TPSA) is 17.1 Å². The van der Waals surface area contributed by atoms with E-state index in [-0.39, 0.29) is 8.46 Å². The maximum absolute atomic E-state index is 11.8. The maximum Gasteiger partial charge on any atom is 0.192 e. The van der Waals surface area contributed by atoms with Crippen molar-refractivity contribution in [3.63, 3.8) is 0 Å². The van der Waals surface area contributed by atoms with Crippen molar-refractivity contribution in [1.29, 1.82) is 0 Å². The second kappa shape index (κ2) is 5.85. The maximum atomic E-state index is 11.8. The minimum atomic E-state index is 0.0445. The van der Waals surface area contributed by atoms with Crippen molar-refractivity contribution < 1.29 is 4.57 Å². The summed E-state index contributed by atoms with van der Waals surface area (Å²) < 4.78 is 11.8. The zero-order valence-corrected chi connectivity index (χ0v) is 14.4. The molecule has 110 valence electrons. The molecule has 1 nitrogen and oxygen atoms in total. The number of hydrogen-bond acceptors (Lipinski definition) is 1. The van der Waals surface area contributed by atoms with Gasteiger partial charge in [-0.3, -0.25) is 4.57 Å². The van der Waals surface area contributed by atoms with Gasteiger partial charge in [-0.25, -0.2) is 0 Å². The molecule has 3 heteroatoms. The van der Waals surface area contributed by atoms with E-state index in [1.165, 1.54) is 10.8 Å². The normalized spacial score (nSPS) is 11.3. The highest BCUT2D eigenvalue weighted by molar-refractivity contribution is 7.34. The van der Waals surface area contributed by atoms with Gasteiger partial charge in [0.1, 0.15) is 0 Å². The summed E-state index contributed by atoms with van der Waals surface area (Å²) >= 11 is 0. The summed E-state index contributed by atoms with van der Waals surface area (Å²) in [5.41, 5.74) is 2.20. The van der Waals surface area contributed by atoms with Crippen LogP contribution in [-0.2, 0) is 4.57 Å². The molecule has 0 heterocycles. The van der Waals surface area contributed by atoms with Gasteiger partial charge in [-0.2, -0.15) is 0 Å². The fourth-order valence-electron chi connectivity index (χ4n) is 3.17. The zero-order chi connectivity index (χ0) is 15.8. The molecule has 0 bridgehead atoms. The molecule has 4 aromatic carbocycles. The Kier molecular flexibility index (Phi) is 3.69. The van der Waals surface area contributed by atoms with Crippen LogP contribution < -0.4 is 10.6 Å². The van der Waals surface area contributed by atoms with E-state index >= 15 is 0 Å². The minimum absolute atomic E-state index is 0.0445. The van der Waals surface area contributed by atoms with E-state index in [1.807, 2.05) is 30.3 Å². The Hall–Kier alpha value is -2.07. The lowest BCUT2D eigenvalue weighted by molar-refractivity contribution is 0.603. The molecule has 0 aliphatic rings. The Morgan fingerprint density at radius 1 is 0.652 bits per heavy atom. The minimum Gasteiger partial charge on any atom is -0.269 e. The molecule has 0 fully saturated rings. The quantitative estimate of drug-likeness (QED) is 0.468. The summed E-state index contributed by atoms with van der Waals surface area (Å²) in [6, 6.07) is 24.8. The molecule has 0 amide bonds. The van der Waals surface area contributed by atoms with Gasteiger partial charge in [0.2, 0.25) is 0 Å². The molecule has 0 saturated heterocycles. The van der Waals surface area contributed by atoms with Gasteiger partial charge in [-0.1, -0.05) is 66.7 Å². The summed E-state index contributed by atoms with van der Waals surface area (Å²) in [6.45, 7) is 0. The van der Waals surface area contributed by atoms with Crippen LogP contribution >= 0.6 is 17.7 Å². The van der Waals surface area contributed by atoms with Gasteiger partial charge < -0.3 is 0 Å². The molecule has 0 aliphatic heterocycles. The smallest absolute Gasteiger partial charge is 0.192 e. The van der Waals surface area contributed by atoms with E-state index in [0.717, 1.165) is 32.5 Å². The number of hydrogen-bond donors (Lipinski definition) is 0. The van der Waals surface area contributed by atoms with Gasteiger partial charge in [0.25, 0.3) is 0 Å². The monoisotopic (exact) mass is 332 g/mol. The van der Waals surface area contributed by atoms with Crippen LogP contribution in [0.5, 0.6) is 0 Å². The first-order valence-corrected chi connectivity index (χ1v) is 8.81. The first-order chi connectivity index (χ1) is 11.3. The fraction of sp³-hybridized carbons (Fsp3) is 0. The molecule has 0 spiro atoms. The Balaban J connectivity index is 2.23. The zero-order valence-electron chi connectivity index (χ0n) is 12.4. The van der Waals surface area contributed by atoms with Crippen molar-refractivity contribution in [2.75, 3.05) is 0 Å². The first kappa shape index (κ1) is 14.5. The van der Waals surface area contributed by atoms with Crippen molar-refractivity contribution in [2.45, 2.75) is 0 Å². The molecule has 1 atom stereocenters. The lowest BCUT2D eigenvalue weighted by atomic mass is 9.94. The van der Waals surface area contributed by atoms with Crippen LogP contribution in [0.1, 0.15) is 0 Å². The molecule has 0 aromatic heterocycles. The van der Waals surface area contributed by atoms with Crippen molar-refractivity contribution in [3.05, 3.63) is 72.8 Å². The molecular formula is C20H14OP2. The van der Waals surface area contributed by atoms with Gasteiger partial charge in [0.05, 0.1) is 5.30 Å². The van der Waals surface area contributed by atoms with Gasteiger partial charge >= 0.3 is 0 Å². The largest absolute Gasteiger partial charge is 0.269 e. The van der Waals surface area contributed by atoms with E-state index in [1.54, 1.807) is 0 Å². The average Bonchev–Trinajstić information content (AvgIpc) is 2.61. The van der Waals surface area contributed by atoms with E-state index in [4.69, 9.17) is 0 Å². The first-order valence-electron chi connectivity index (χ1n) is 7.42. The predicted octanol–water partition coefficient (Wildman–Crippen LogP) is 5.08. The van der Waals surface area contributed by atoms with Crippen molar-refractivity contribution in [2.24, 2.45) is 0 Å². The van der Waals surface area contributed by atoms with Crippen LogP contribution in [0.15, 0.2) is 72.8 Å². The highest BCUT2D eigenvalue weighted by atomic mass is 31.1. The van der Waals surface area contributed by atoms with Crippen LogP contribution in [0.4, 0.5) is 0 Å². The van der Waals surface area contributed by atoms with Crippen LogP contribution in [0.2, 0.25) is 0 Å². The van der Waals surface area contributed by atoms with Gasteiger partial charge in [-0.15, -0.1) is 9.24 Å². The molecule has 1 unspecified atom stereocenters. The summed E-state index contributed by atoms with van der Waals surface area (Å²) in [5.74, 6) is 0. The lowest BCUT2D eigenvalue weighted by Gasteiger charge is -2.15. The van der Waals surface area contributed by atoms with Crippen molar-refractivity contribution >= 4 is 49.9 Å². The summed E-state index contributed by atoms with van der Waals surface area (Å²) in [7, 11) is 2.87. The van der Waals surface area contributed by atoms with Crippen molar-refractivity contribution in [3.8, 4) is 11.1 Å². The third-order valence-corrected chi connectivity index (χ3v) is 5.27. The number of benzene rings is 4. The third-order valence-electron chi connectivity index (χ3n) is 4.22. The second-order valence-corrected chi connectivity index (χ2v) is 6.81. The molecule has 23 heavy (non-hydrogen) atoms. The molecule has 0 N–H and O–H groups in total. The molecule has 0 saturated carbocycles. The fourth-order valence-corrected chi connectivity index (χ4v) is 4.02. The molecule has 0 radical (unpaired) electrons. The standard InChI is InChI=1S/C20H14OP2/c21-23-18-12-10-14-6-2-4-8-16(14)20(18)19-15-7-3-1-5-13(15)9-11-17(19)22/h1-12H,22H2. The Labute approximate surface area is 138 Å². The van der Waals surface area contributed by atoms with E-state index in [0.29, 0.717) is 0 Å². The molecule has 4 rings (SSSR count). The SMILES string of the molecule is O=Pc1ccc2ccccc2c1-c1c(P)ccc2ccccc12. The Bertz CT molecular complexity index is 1050. The van der Waals surface area contributed by atoms with E-state index in [2.05, 4.69) is 51.7 Å². The van der Waals surface area contributed by atoms with Crippen LogP contribution in [0.25, 0.3) is 32.7 Å². The predicted molar refractivity (Wildman–Crippen MR) is 103 cm³/mol. The van der Waals surface area contributed by atoms with Crippen LogP contribution in [-0.4, -0.2) is 0 Å². The molecule has 4 aromatic rings. The highest BCUT2D eigenvalue weighted by Crippen LogP contribution is 2.34. The second-order valence-electron chi connectivity index (χ2n) is 5.52. The summed E-state index contributed by atoms with van der Waals surface area (Å²) in [5, 5.41) is 6.60. The number of fused-ring (bicyclic) bond motifs is 2. The highest BCUT2D eigenvalue weighted by Gasteiger charge is 2.15. The summed E-state index contributed by atoms with van der Waals surface area (Å²) in [6.07, 6.45) is 0. The van der Waals surface area contributed by atoms with Gasteiger partial charge in [0.15, 0.2) is 8.46 Å². The average molecular weight is 332 g/mol. The summed E-state index contributed by atoms with van der Waals surface area (Å²) in [4.78, 5) is 0. The third kappa shape index (κ3) is 2.38. The lowest BCUT2D eigenvalue weighted by Crippen LogP contribution is -2.06. The van der Waals surface area contributed by atoms with Crippen molar-refractivity contribution in [1.82, 2.24) is 0 Å². The van der Waals surface area contributed by atoms with Gasteiger partial charge in [-0.05, 0) is 38.5 Å². The Morgan fingerprint density at radius 3 is 1.87 bits per heavy atom. The van der Waals surface area contributed by atoms with E-state index in [9.17, 15) is 4.57 Å². The number of rotatable bonds is 2. The van der Waals surface area contributed by atoms with Crippen LogP contribution in [0.3, 0.4) is 0 Å².